The summed E-state index contributed by atoms with van der Waals surface area (Å²) in [5.74, 6) is 1.82. The molecule has 2 aliphatic carbocycles. The van der Waals surface area contributed by atoms with Crippen LogP contribution in [0.2, 0.25) is 0 Å². The molecule has 0 aromatic heterocycles. The molecule has 0 fully saturated rings. The van der Waals surface area contributed by atoms with Crippen molar-refractivity contribution in [3.05, 3.63) is 251 Å². The second-order valence-corrected chi connectivity index (χ2v) is 15.1. The Balaban J connectivity index is 1.17. The van der Waals surface area contributed by atoms with Crippen LogP contribution in [0.4, 0.5) is 0 Å². The lowest BCUT2D eigenvalue weighted by Crippen LogP contribution is -2.32. The zero-order valence-electron chi connectivity index (χ0n) is 30.0. The smallest absolute Gasteiger partial charge is 0.140 e. The number of hydrogen-bond donors (Lipinski definition) is 0. The molecule has 1 spiro atoms. The lowest BCUT2D eigenvalue weighted by atomic mass is 9.65. The van der Waals surface area contributed by atoms with Crippen molar-refractivity contribution in [2.24, 2.45) is 0 Å². The van der Waals surface area contributed by atoms with E-state index in [4.69, 9.17) is 4.74 Å². The summed E-state index contributed by atoms with van der Waals surface area (Å²) in [6.45, 7) is 0. The molecule has 9 aromatic rings. The number of hydrogen-bond acceptors (Lipinski definition) is 1. The van der Waals surface area contributed by atoms with E-state index in [1.54, 1.807) is 0 Å². The zero-order chi connectivity index (χ0) is 36.1. The van der Waals surface area contributed by atoms with Gasteiger partial charge in [0.1, 0.15) is 11.5 Å². The second kappa shape index (κ2) is 11.3. The van der Waals surface area contributed by atoms with Crippen LogP contribution in [0.3, 0.4) is 0 Å². The largest absolute Gasteiger partial charge is 0.456 e. The molecule has 0 radical (unpaired) electrons. The summed E-state index contributed by atoms with van der Waals surface area (Å²) in [4.78, 5) is 0. The molecule has 0 bridgehead atoms. The summed E-state index contributed by atoms with van der Waals surface area (Å²) in [5.41, 5.74) is 16.4. The van der Waals surface area contributed by atoms with Crippen LogP contribution in [0.25, 0.3) is 44.2 Å². The first-order valence-corrected chi connectivity index (χ1v) is 19.2. The van der Waals surface area contributed by atoms with Gasteiger partial charge in [-0.25, -0.2) is 0 Å². The minimum Gasteiger partial charge on any atom is -0.456 e. The molecule has 256 valence electrons. The first-order chi connectivity index (χ1) is 27.3. The number of benzene rings is 9. The van der Waals surface area contributed by atoms with Crippen LogP contribution in [0, 0.1) is 0 Å². The van der Waals surface area contributed by atoms with Gasteiger partial charge < -0.3 is 4.74 Å². The predicted molar refractivity (Wildman–Crippen MR) is 224 cm³/mol. The minimum atomic E-state index is -0.528. The maximum Gasteiger partial charge on any atom is 0.140 e. The first kappa shape index (κ1) is 30.5. The Kier molecular flexibility index (Phi) is 6.25. The van der Waals surface area contributed by atoms with Crippen LogP contribution in [-0.4, -0.2) is 0 Å². The Hall–Kier alpha value is -6.96. The molecular weight excluding hydrogens is 665 g/mol. The number of fused-ring (bicyclic) bond motifs is 14. The van der Waals surface area contributed by atoms with Gasteiger partial charge in [-0.15, -0.1) is 0 Å². The normalized spacial score (nSPS) is 14.6. The van der Waals surface area contributed by atoms with Gasteiger partial charge in [-0.3, -0.25) is 0 Å². The van der Waals surface area contributed by atoms with Gasteiger partial charge in [0.2, 0.25) is 0 Å². The first-order valence-electron chi connectivity index (χ1n) is 19.2. The van der Waals surface area contributed by atoms with Crippen LogP contribution < -0.4 is 4.74 Å². The van der Waals surface area contributed by atoms with E-state index in [0.29, 0.717) is 0 Å². The van der Waals surface area contributed by atoms with E-state index in [1.807, 2.05) is 0 Å². The van der Waals surface area contributed by atoms with E-state index in [2.05, 4.69) is 206 Å². The lowest BCUT2D eigenvalue weighted by Gasteiger charge is -2.40. The molecule has 1 heterocycles. The topological polar surface area (TPSA) is 9.23 Å². The number of para-hydroxylation sites is 2. The average molecular weight is 699 g/mol. The third-order valence-corrected chi connectivity index (χ3v) is 12.6. The van der Waals surface area contributed by atoms with Gasteiger partial charge in [-0.05, 0) is 84.1 Å². The van der Waals surface area contributed by atoms with E-state index in [0.717, 1.165) is 22.6 Å². The molecule has 0 unspecified atom stereocenters. The highest BCUT2D eigenvalue weighted by Gasteiger charge is 2.52. The van der Waals surface area contributed by atoms with Crippen molar-refractivity contribution in [2.75, 3.05) is 0 Å². The summed E-state index contributed by atoms with van der Waals surface area (Å²) in [6, 6.07) is 76.1. The van der Waals surface area contributed by atoms with Crippen molar-refractivity contribution >= 4 is 10.8 Å². The summed E-state index contributed by atoms with van der Waals surface area (Å²) >= 11 is 0. The fourth-order valence-electron chi connectivity index (χ4n) is 10.5. The Morgan fingerprint density at radius 3 is 1.64 bits per heavy atom. The Morgan fingerprint density at radius 2 is 0.909 bits per heavy atom. The summed E-state index contributed by atoms with van der Waals surface area (Å²) in [5, 5.41) is 2.53. The molecule has 3 aliphatic rings. The van der Waals surface area contributed by atoms with Crippen molar-refractivity contribution in [1.82, 2.24) is 0 Å². The highest BCUT2D eigenvalue weighted by atomic mass is 16.5. The van der Waals surface area contributed by atoms with Crippen LogP contribution in [0.5, 0.6) is 11.5 Å². The fraction of sp³-hybridized carbons (Fsp3) is 0.0370. The standard InChI is InChI=1S/C54H34O/c1-3-17-37(18-4-1)53(38-19-5-2-6-20-38)47-33-31-35-16-7-8-21-39(35)51(47)43-32-30-36(34-49(43)53)40-24-15-28-48-52(40)55-50-29-14-13-27-46(50)54(48)44-25-11-9-22-41(44)42-23-10-12-26-45(42)54/h1-34H. The fourth-order valence-corrected chi connectivity index (χ4v) is 10.5. The molecular formula is C54H34O. The molecule has 1 heteroatoms. The highest BCUT2D eigenvalue weighted by Crippen LogP contribution is 2.64. The quantitative estimate of drug-likeness (QED) is 0.178. The molecule has 0 N–H and O–H groups in total. The van der Waals surface area contributed by atoms with E-state index in [-0.39, 0.29) is 0 Å². The zero-order valence-corrected chi connectivity index (χ0v) is 30.0. The van der Waals surface area contributed by atoms with Crippen molar-refractivity contribution in [3.63, 3.8) is 0 Å². The SMILES string of the molecule is c1ccc(C2(c3ccccc3)c3cc(-c4cccc5c4Oc4ccccc4C54c5ccccc5-c5ccccc54)ccc3-c3c2ccc2ccccc32)cc1. The van der Waals surface area contributed by atoms with E-state index >= 15 is 0 Å². The molecule has 0 saturated carbocycles. The van der Waals surface area contributed by atoms with Crippen LogP contribution in [0.15, 0.2) is 206 Å². The monoisotopic (exact) mass is 698 g/mol. The molecule has 1 nitrogen and oxygen atoms in total. The Morgan fingerprint density at radius 1 is 0.327 bits per heavy atom. The second-order valence-electron chi connectivity index (χ2n) is 15.1. The maximum atomic E-state index is 7.14. The Bertz CT molecular complexity index is 2930. The van der Waals surface area contributed by atoms with Gasteiger partial charge in [0.25, 0.3) is 0 Å². The molecule has 0 atom stereocenters. The molecule has 9 aromatic carbocycles. The predicted octanol–water partition coefficient (Wildman–Crippen LogP) is 13.3. The van der Waals surface area contributed by atoms with Gasteiger partial charge in [0.05, 0.1) is 10.8 Å². The summed E-state index contributed by atoms with van der Waals surface area (Å²) in [6.07, 6.45) is 0. The Labute approximate surface area is 320 Å². The molecule has 0 saturated heterocycles. The molecule has 12 rings (SSSR count). The van der Waals surface area contributed by atoms with Crippen LogP contribution in [0.1, 0.15) is 44.5 Å². The van der Waals surface area contributed by atoms with Gasteiger partial charge in [-0.1, -0.05) is 194 Å². The van der Waals surface area contributed by atoms with E-state index < -0.39 is 10.8 Å². The van der Waals surface area contributed by atoms with Crippen LogP contribution >= 0.6 is 0 Å². The van der Waals surface area contributed by atoms with Crippen molar-refractivity contribution in [1.29, 1.82) is 0 Å². The van der Waals surface area contributed by atoms with E-state index in [1.165, 1.54) is 77.5 Å². The van der Waals surface area contributed by atoms with E-state index in [9.17, 15) is 0 Å². The average Bonchev–Trinajstić information content (AvgIpc) is 3.73. The van der Waals surface area contributed by atoms with Gasteiger partial charge in [-0.2, -0.15) is 0 Å². The molecule has 1 aliphatic heterocycles. The van der Waals surface area contributed by atoms with Gasteiger partial charge >= 0.3 is 0 Å². The minimum absolute atomic E-state index is 0.517. The van der Waals surface area contributed by atoms with Crippen molar-refractivity contribution in [2.45, 2.75) is 10.8 Å². The molecule has 0 amide bonds. The van der Waals surface area contributed by atoms with Crippen LogP contribution in [-0.2, 0) is 10.8 Å². The number of ether oxygens (including phenoxy) is 1. The summed E-state index contributed by atoms with van der Waals surface area (Å²) < 4.78 is 7.14. The van der Waals surface area contributed by atoms with Crippen molar-refractivity contribution < 1.29 is 4.74 Å². The third-order valence-electron chi connectivity index (χ3n) is 12.6. The van der Waals surface area contributed by atoms with Crippen molar-refractivity contribution in [3.8, 4) is 44.9 Å². The maximum absolute atomic E-state index is 7.14. The highest BCUT2D eigenvalue weighted by molar-refractivity contribution is 6.04. The third kappa shape index (κ3) is 3.87. The van der Waals surface area contributed by atoms with Gasteiger partial charge in [0.15, 0.2) is 0 Å². The summed E-state index contributed by atoms with van der Waals surface area (Å²) in [7, 11) is 0. The molecule has 55 heavy (non-hydrogen) atoms. The number of rotatable bonds is 3. The van der Waals surface area contributed by atoms with Gasteiger partial charge in [0, 0.05) is 16.7 Å². The lowest BCUT2D eigenvalue weighted by molar-refractivity contribution is 0.438.